The Hall–Kier alpha value is -2.00. The largest absolute Gasteiger partial charge is 0.372 e. The van der Waals surface area contributed by atoms with Crippen molar-refractivity contribution in [2.75, 3.05) is 11.9 Å². The monoisotopic (exact) mass is 184 g/mol. The van der Waals surface area contributed by atoms with E-state index in [1.165, 1.54) is 0 Å². The van der Waals surface area contributed by atoms with Gasteiger partial charge in [0.25, 0.3) is 0 Å². The summed E-state index contributed by atoms with van der Waals surface area (Å²) in [6.07, 6.45) is 0. The average molecular weight is 184 g/mol. The number of anilines is 1. The lowest BCUT2D eigenvalue weighted by molar-refractivity contribution is 0.978. The Kier molecular flexibility index (Phi) is 3.52. The van der Waals surface area contributed by atoms with Crippen LogP contribution in [0.25, 0.3) is 0 Å². The Balaban J connectivity index is 2.93. The fourth-order valence-corrected chi connectivity index (χ4v) is 1.16. The molecule has 1 aromatic rings. The molecule has 1 rings (SSSR count). The Morgan fingerprint density at radius 1 is 1.57 bits per heavy atom. The molecule has 0 amide bonds. The highest BCUT2D eigenvalue weighted by Crippen LogP contribution is 2.22. The number of benzene rings is 1. The minimum atomic E-state index is -0.211. The number of nitriles is 2. The summed E-state index contributed by atoms with van der Waals surface area (Å²) in [4.78, 5) is 0. The van der Waals surface area contributed by atoms with Gasteiger partial charge >= 0.3 is 0 Å². The first kappa shape index (κ1) is 10.1. The van der Waals surface area contributed by atoms with Crippen molar-refractivity contribution < 1.29 is 0 Å². The van der Waals surface area contributed by atoms with Gasteiger partial charge in [0.05, 0.1) is 18.1 Å². The molecule has 0 aliphatic rings. The first-order chi connectivity index (χ1) is 6.79. The number of hydrogen-bond acceptors (Lipinski definition) is 3. The van der Waals surface area contributed by atoms with Crippen LogP contribution in [0.3, 0.4) is 0 Å². The van der Waals surface area contributed by atoms with E-state index in [1.54, 1.807) is 6.07 Å². The topological polar surface area (TPSA) is 59.6 Å². The van der Waals surface area contributed by atoms with E-state index in [4.69, 9.17) is 10.5 Å². The molecule has 3 heteroatoms. The molecule has 14 heavy (non-hydrogen) atoms. The maximum Gasteiger partial charge on any atom is 0.103 e. The molecule has 69 valence electrons. The average Bonchev–Trinajstić information content (AvgIpc) is 2.25. The molecule has 0 fully saturated rings. The van der Waals surface area contributed by atoms with E-state index in [-0.39, 0.29) is 12.5 Å². The lowest BCUT2D eigenvalue weighted by Crippen LogP contribution is -2.03. The van der Waals surface area contributed by atoms with Gasteiger partial charge in [-0.05, 0) is 19.1 Å². The number of nitrogens with one attached hydrogen (secondary N) is 1. The maximum absolute atomic E-state index is 8.78. The zero-order valence-corrected chi connectivity index (χ0v) is 7.91. The molecule has 0 aliphatic carbocycles. The third-order valence-electron chi connectivity index (χ3n) is 1.87. The lowest BCUT2D eigenvalue weighted by Gasteiger charge is -2.10. The minimum absolute atomic E-state index is 0.211. The molecule has 1 unspecified atom stereocenters. The van der Waals surface area contributed by atoms with Crippen molar-refractivity contribution in [3.63, 3.8) is 0 Å². The lowest BCUT2D eigenvalue weighted by atomic mass is 10.0. The second-order valence-electron chi connectivity index (χ2n) is 2.86. The summed E-state index contributed by atoms with van der Waals surface area (Å²) >= 11 is 0. The molecule has 1 atom stereocenters. The van der Waals surface area contributed by atoms with Crippen LogP contribution in [-0.4, -0.2) is 6.54 Å². The number of nitrogens with zero attached hydrogens (tertiary/aromatic N) is 2. The van der Waals surface area contributed by atoms with E-state index < -0.39 is 0 Å². The Morgan fingerprint density at radius 3 is 3.00 bits per heavy atom. The van der Waals surface area contributed by atoms with E-state index in [0.717, 1.165) is 11.3 Å². The molecule has 1 radical (unpaired) electrons. The van der Waals surface area contributed by atoms with Gasteiger partial charge in [-0.3, -0.25) is 0 Å². The maximum atomic E-state index is 8.78. The molecular formula is C11H10N3. The normalized spacial score (nSPS) is 11.1. The molecule has 0 spiro atoms. The molecule has 1 aromatic carbocycles. The van der Waals surface area contributed by atoms with E-state index in [0.29, 0.717) is 0 Å². The summed E-state index contributed by atoms with van der Waals surface area (Å²) in [6, 6.07) is 12.6. The SMILES string of the molecule is CC(C#N)c1[c]cccc1NCC#N. The van der Waals surface area contributed by atoms with Crippen LogP contribution in [0, 0.1) is 28.7 Å². The highest BCUT2D eigenvalue weighted by Gasteiger charge is 2.08. The summed E-state index contributed by atoms with van der Waals surface area (Å²) in [5.74, 6) is -0.211. The zero-order chi connectivity index (χ0) is 10.4. The zero-order valence-electron chi connectivity index (χ0n) is 7.91. The van der Waals surface area contributed by atoms with Gasteiger partial charge < -0.3 is 5.32 Å². The van der Waals surface area contributed by atoms with Gasteiger partial charge in [0, 0.05) is 11.3 Å². The predicted molar refractivity (Wildman–Crippen MR) is 53.4 cm³/mol. The van der Waals surface area contributed by atoms with Crippen LogP contribution in [0.4, 0.5) is 5.69 Å². The third kappa shape index (κ3) is 2.24. The van der Waals surface area contributed by atoms with Crippen molar-refractivity contribution in [1.29, 1.82) is 10.5 Å². The van der Waals surface area contributed by atoms with Gasteiger partial charge in [0.15, 0.2) is 0 Å². The first-order valence-corrected chi connectivity index (χ1v) is 4.30. The van der Waals surface area contributed by atoms with Crippen LogP contribution in [0.5, 0.6) is 0 Å². The second kappa shape index (κ2) is 4.89. The summed E-state index contributed by atoms with van der Waals surface area (Å²) < 4.78 is 0. The summed E-state index contributed by atoms with van der Waals surface area (Å²) in [5, 5.41) is 20.1. The molecule has 0 saturated carbocycles. The van der Waals surface area contributed by atoms with Crippen LogP contribution >= 0.6 is 0 Å². The van der Waals surface area contributed by atoms with Gasteiger partial charge in [0.1, 0.15) is 6.54 Å². The molecule has 1 N–H and O–H groups in total. The highest BCUT2D eigenvalue weighted by atomic mass is 14.9. The standard InChI is InChI=1S/C11H10N3/c1-9(8-13)10-4-2-3-5-11(10)14-7-6-12/h2-3,5,9,14H,7H2,1H3. The minimum Gasteiger partial charge on any atom is -0.372 e. The van der Waals surface area contributed by atoms with Gasteiger partial charge in [0.2, 0.25) is 0 Å². The number of rotatable bonds is 3. The molecule has 0 saturated heterocycles. The molecule has 0 bridgehead atoms. The molecular weight excluding hydrogens is 174 g/mol. The third-order valence-corrected chi connectivity index (χ3v) is 1.87. The molecule has 3 nitrogen and oxygen atoms in total. The van der Waals surface area contributed by atoms with Gasteiger partial charge in [-0.25, -0.2) is 0 Å². The highest BCUT2D eigenvalue weighted by molar-refractivity contribution is 5.53. The molecule has 0 aliphatic heterocycles. The summed E-state index contributed by atoms with van der Waals surface area (Å²) in [7, 11) is 0. The summed E-state index contributed by atoms with van der Waals surface area (Å²) in [6.45, 7) is 2.05. The van der Waals surface area contributed by atoms with Crippen LogP contribution in [0.1, 0.15) is 18.4 Å². The molecule has 0 heterocycles. The van der Waals surface area contributed by atoms with Crippen LogP contribution < -0.4 is 5.32 Å². The Labute approximate surface area is 83.6 Å². The van der Waals surface area contributed by atoms with Crippen LogP contribution in [0.2, 0.25) is 0 Å². The fourth-order valence-electron chi connectivity index (χ4n) is 1.16. The van der Waals surface area contributed by atoms with Crippen molar-refractivity contribution in [1.82, 2.24) is 0 Å². The number of hydrogen-bond donors (Lipinski definition) is 1. The van der Waals surface area contributed by atoms with E-state index in [2.05, 4.69) is 17.5 Å². The smallest absolute Gasteiger partial charge is 0.103 e. The van der Waals surface area contributed by atoms with Crippen molar-refractivity contribution in [3.05, 3.63) is 29.8 Å². The predicted octanol–water partition coefficient (Wildman–Crippen LogP) is 2.05. The fraction of sp³-hybridized carbons (Fsp3) is 0.273. The van der Waals surface area contributed by atoms with E-state index >= 15 is 0 Å². The van der Waals surface area contributed by atoms with Gasteiger partial charge in [-0.1, -0.05) is 12.1 Å². The second-order valence-corrected chi connectivity index (χ2v) is 2.86. The quantitative estimate of drug-likeness (QED) is 0.731. The van der Waals surface area contributed by atoms with Gasteiger partial charge in [-0.15, -0.1) is 0 Å². The van der Waals surface area contributed by atoms with Crippen molar-refractivity contribution in [2.24, 2.45) is 0 Å². The van der Waals surface area contributed by atoms with Crippen molar-refractivity contribution in [3.8, 4) is 12.1 Å². The van der Waals surface area contributed by atoms with Crippen LogP contribution in [-0.2, 0) is 0 Å². The Bertz CT molecular complexity index is 384. The summed E-state index contributed by atoms with van der Waals surface area (Å²) in [5.41, 5.74) is 1.62. The van der Waals surface area contributed by atoms with E-state index in [9.17, 15) is 0 Å². The Morgan fingerprint density at radius 2 is 2.36 bits per heavy atom. The first-order valence-electron chi connectivity index (χ1n) is 4.30. The molecule has 0 aromatic heterocycles. The van der Waals surface area contributed by atoms with Gasteiger partial charge in [-0.2, -0.15) is 10.5 Å². The van der Waals surface area contributed by atoms with E-state index in [1.807, 2.05) is 25.1 Å². The van der Waals surface area contributed by atoms with Crippen LogP contribution in [0.15, 0.2) is 18.2 Å². The van der Waals surface area contributed by atoms with Crippen molar-refractivity contribution >= 4 is 5.69 Å². The van der Waals surface area contributed by atoms with Crippen molar-refractivity contribution in [2.45, 2.75) is 12.8 Å².